The van der Waals surface area contributed by atoms with Gasteiger partial charge in [0, 0.05) is 13.0 Å². The lowest BCUT2D eigenvalue weighted by molar-refractivity contribution is -0.459. The molecule has 0 saturated carbocycles. The molecule has 0 unspecified atom stereocenters. The van der Waals surface area contributed by atoms with Gasteiger partial charge < -0.3 is 5.11 Å². The fraction of sp³-hybridized carbons (Fsp3) is 0.375. The van der Waals surface area contributed by atoms with Crippen molar-refractivity contribution in [3.8, 4) is 0 Å². The molecule has 1 heterocycles. The van der Waals surface area contributed by atoms with Gasteiger partial charge in [0.15, 0.2) is 18.5 Å². The smallest absolute Gasteiger partial charge is 0.215 e. The van der Waals surface area contributed by atoms with Crippen molar-refractivity contribution in [3.63, 3.8) is 0 Å². The average molecular weight is 138 g/mol. The van der Waals surface area contributed by atoms with Gasteiger partial charge in [-0.3, -0.25) is 0 Å². The van der Waals surface area contributed by atoms with Crippen molar-refractivity contribution in [2.24, 2.45) is 0 Å². The first-order chi connectivity index (χ1) is 4.72. The second-order valence-electron chi connectivity index (χ2n) is 2.40. The molecule has 0 aromatic heterocycles. The summed E-state index contributed by atoms with van der Waals surface area (Å²) in [5.74, 6) is 0.389. The molecule has 0 aromatic carbocycles. The van der Waals surface area contributed by atoms with E-state index in [1.165, 1.54) is 0 Å². The van der Waals surface area contributed by atoms with E-state index in [2.05, 4.69) is 0 Å². The maximum absolute atomic E-state index is 9.07. The van der Waals surface area contributed by atoms with Crippen LogP contribution in [-0.4, -0.2) is 22.4 Å². The van der Waals surface area contributed by atoms with Gasteiger partial charge in [0.05, 0.1) is 0 Å². The lowest BCUT2D eigenvalue weighted by atomic mass is 10.4. The molecule has 0 aromatic rings. The number of allylic oxidation sites excluding steroid dienone is 3. The number of hydrogen-bond donors (Lipinski definition) is 1. The van der Waals surface area contributed by atoms with Crippen LogP contribution in [0, 0.1) is 0 Å². The van der Waals surface area contributed by atoms with Gasteiger partial charge in [-0.15, -0.1) is 0 Å². The van der Waals surface area contributed by atoms with Gasteiger partial charge in [-0.05, 0) is 13.0 Å². The first-order valence-corrected chi connectivity index (χ1v) is 3.35. The minimum Gasteiger partial charge on any atom is -0.506 e. The Morgan fingerprint density at radius 3 is 2.60 bits per heavy atom. The molecule has 0 spiro atoms. The summed E-state index contributed by atoms with van der Waals surface area (Å²) < 4.78 is 2.00. The highest BCUT2D eigenvalue weighted by molar-refractivity contribution is 5.68. The lowest BCUT2D eigenvalue weighted by Crippen LogP contribution is -2.07. The average Bonchev–Trinajstić information content (AvgIpc) is 2.36. The summed E-state index contributed by atoms with van der Waals surface area (Å²) in [4.78, 5) is 0. The number of aliphatic hydroxyl groups is 1. The minimum atomic E-state index is 0.389. The van der Waals surface area contributed by atoms with Crippen molar-refractivity contribution >= 4 is 6.21 Å². The van der Waals surface area contributed by atoms with Crippen LogP contribution >= 0.6 is 0 Å². The first kappa shape index (κ1) is 7.06. The zero-order valence-corrected chi connectivity index (χ0v) is 6.33. The Hall–Kier alpha value is -1.05. The standard InChI is InChI=1S/C8H11NO/c1-7(8(2)10)9-5-3-4-6-9/h3-5H,6H2,1-2H3/p+1/b8-7-. The molecular weight excluding hydrogens is 126 g/mol. The second kappa shape index (κ2) is 2.69. The van der Waals surface area contributed by atoms with Gasteiger partial charge in [-0.25, -0.2) is 0 Å². The third-order valence-corrected chi connectivity index (χ3v) is 1.66. The molecule has 10 heavy (non-hydrogen) atoms. The van der Waals surface area contributed by atoms with E-state index >= 15 is 0 Å². The number of hydrogen-bond acceptors (Lipinski definition) is 1. The molecule has 0 bridgehead atoms. The molecule has 1 rings (SSSR count). The molecular formula is C8H12NO+. The molecule has 0 amide bonds. The largest absolute Gasteiger partial charge is 0.506 e. The number of aliphatic hydroxyl groups excluding tert-OH is 1. The first-order valence-electron chi connectivity index (χ1n) is 3.35. The van der Waals surface area contributed by atoms with Gasteiger partial charge in [0.2, 0.25) is 5.70 Å². The fourth-order valence-electron chi connectivity index (χ4n) is 0.857. The summed E-state index contributed by atoms with van der Waals surface area (Å²) in [5, 5.41) is 9.07. The van der Waals surface area contributed by atoms with E-state index in [0.717, 1.165) is 12.2 Å². The normalized spacial score (nSPS) is 18.8. The second-order valence-corrected chi connectivity index (χ2v) is 2.40. The molecule has 0 aliphatic carbocycles. The molecule has 0 radical (unpaired) electrons. The lowest BCUT2D eigenvalue weighted by Gasteiger charge is -1.96. The summed E-state index contributed by atoms with van der Waals surface area (Å²) in [5.41, 5.74) is 0.921. The van der Waals surface area contributed by atoms with Gasteiger partial charge in [0.25, 0.3) is 0 Å². The molecule has 1 aliphatic heterocycles. The van der Waals surface area contributed by atoms with E-state index in [9.17, 15) is 0 Å². The molecule has 2 nitrogen and oxygen atoms in total. The van der Waals surface area contributed by atoms with Crippen LogP contribution in [0.3, 0.4) is 0 Å². The van der Waals surface area contributed by atoms with E-state index in [1.807, 2.05) is 29.9 Å². The Bertz CT molecular complexity index is 219. The Kier molecular flexibility index (Phi) is 1.90. The van der Waals surface area contributed by atoms with Gasteiger partial charge in [-0.1, -0.05) is 0 Å². The fourth-order valence-corrected chi connectivity index (χ4v) is 0.857. The van der Waals surface area contributed by atoms with Gasteiger partial charge in [-0.2, -0.15) is 4.58 Å². The molecule has 2 heteroatoms. The van der Waals surface area contributed by atoms with Crippen molar-refractivity contribution in [3.05, 3.63) is 23.6 Å². The Morgan fingerprint density at radius 1 is 1.50 bits per heavy atom. The third kappa shape index (κ3) is 1.26. The zero-order chi connectivity index (χ0) is 7.56. The highest BCUT2D eigenvalue weighted by Crippen LogP contribution is 2.03. The molecule has 0 fully saturated rings. The van der Waals surface area contributed by atoms with E-state index in [-0.39, 0.29) is 0 Å². The summed E-state index contributed by atoms with van der Waals surface area (Å²) in [7, 11) is 0. The minimum absolute atomic E-state index is 0.389. The highest BCUT2D eigenvalue weighted by atomic mass is 16.3. The molecule has 0 atom stereocenters. The third-order valence-electron chi connectivity index (χ3n) is 1.66. The van der Waals surface area contributed by atoms with Crippen molar-refractivity contribution in [1.82, 2.24) is 0 Å². The Labute approximate surface area is 60.8 Å². The van der Waals surface area contributed by atoms with Crippen LogP contribution in [-0.2, 0) is 0 Å². The van der Waals surface area contributed by atoms with Crippen molar-refractivity contribution in [1.29, 1.82) is 0 Å². The van der Waals surface area contributed by atoms with E-state index < -0.39 is 0 Å². The van der Waals surface area contributed by atoms with E-state index in [1.54, 1.807) is 6.92 Å². The SMILES string of the molecule is C/C(O)=C(\C)[N+]1=CC=CC1. The van der Waals surface area contributed by atoms with Crippen LogP contribution in [0.4, 0.5) is 0 Å². The maximum atomic E-state index is 9.07. The zero-order valence-electron chi connectivity index (χ0n) is 6.33. The number of nitrogens with zero attached hydrogens (tertiary/aromatic N) is 1. The Balaban J connectivity index is 2.77. The van der Waals surface area contributed by atoms with Crippen LogP contribution < -0.4 is 0 Å². The van der Waals surface area contributed by atoms with Crippen LogP contribution in [0.2, 0.25) is 0 Å². The monoisotopic (exact) mass is 138 g/mol. The topological polar surface area (TPSA) is 23.2 Å². The quantitative estimate of drug-likeness (QED) is 0.430. The van der Waals surface area contributed by atoms with Crippen molar-refractivity contribution in [2.45, 2.75) is 13.8 Å². The summed E-state index contributed by atoms with van der Waals surface area (Å²) in [6.07, 6.45) is 5.98. The summed E-state index contributed by atoms with van der Waals surface area (Å²) in [6, 6.07) is 0. The van der Waals surface area contributed by atoms with Crippen molar-refractivity contribution in [2.75, 3.05) is 6.54 Å². The Morgan fingerprint density at radius 2 is 2.20 bits per heavy atom. The van der Waals surface area contributed by atoms with E-state index in [4.69, 9.17) is 5.11 Å². The molecule has 1 aliphatic rings. The predicted octanol–water partition coefficient (Wildman–Crippen LogP) is 1.45. The predicted molar refractivity (Wildman–Crippen MR) is 41.3 cm³/mol. The number of rotatable bonds is 1. The van der Waals surface area contributed by atoms with E-state index in [0.29, 0.717) is 5.76 Å². The van der Waals surface area contributed by atoms with Crippen molar-refractivity contribution < 1.29 is 9.68 Å². The molecule has 54 valence electrons. The maximum Gasteiger partial charge on any atom is 0.215 e. The van der Waals surface area contributed by atoms with Crippen LogP contribution in [0.1, 0.15) is 13.8 Å². The summed E-state index contributed by atoms with van der Waals surface area (Å²) in [6.45, 7) is 4.48. The molecule has 0 saturated heterocycles. The molecule has 1 N–H and O–H groups in total. The van der Waals surface area contributed by atoms with Crippen LogP contribution in [0.25, 0.3) is 0 Å². The van der Waals surface area contributed by atoms with Gasteiger partial charge in [0.1, 0.15) is 0 Å². The van der Waals surface area contributed by atoms with Crippen LogP contribution in [0.5, 0.6) is 0 Å². The highest BCUT2D eigenvalue weighted by Gasteiger charge is 2.10. The van der Waals surface area contributed by atoms with Crippen LogP contribution in [0.15, 0.2) is 23.6 Å². The summed E-state index contributed by atoms with van der Waals surface area (Å²) >= 11 is 0. The van der Waals surface area contributed by atoms with Gasteiger partial charge >= 0.3 is 0 Å².